The minimum atomic E-state index is 0.143. The van der Waals surface area contributed by atoms with Crippen molar-refractivity contribution in [1.82, 2.24) is 5.32 Å². The van der Waals surface area contributed by atoms with E-state index >= 15 is 0 Å². The highest BCUT2D eigenvalue weighted by atomic mass is 32.1. The highest BCUT2D eigenvalue weighted by Gasteiger charge is 2.08. The zero-order chi connectivity index (χ0) is 16.1. The number of anilines is 1. The van der Waals surface area contributed by atoms with Gasteiger partial charge in [-0.05, 0) is 61.8 Å². The molecule has 0 radical (unpaired) electrons. The molecule has 0 spiro atoms. The van der Waals surface area contributed by atoms with Gasteiger partial charge in [-0.3, -0.25) is 0 Å². The molecule has 116 valence electrons. The summed E-state index contributed by atoms with van der Waals surface area (Å²) in [6.45, 7) is 6.34. The lowest BCUT2D eigenvalue weighted by Gasteiger charge is -2.18. The van der Waals surface area contributed by atoms with Gasteiger partial charge in [0.05, 0.1) is 13.2 Å². The summed E-state index contributed by atoms with van der Waals surface area (Å²) < 4.78 is 5.21. The molecule has 0 bridgehead atoms. The van der Waals surface area contributed by atoms with Crippen LogP contribution in [0.2, 0.25) is 0 Å². The molecule has 0 aliphatic carbocycles. The predicted octanol–water partition coefficient (Wildman–Crippen LogP) is 4.36. The predicted molar refractivity (Wildman–Crippen MR) is 96.7 cm³/mol. The first kappa shape index (κ1) is 16.3. The van der Waals surface area contributed by atoms with Crippen molar-refractivity contribution in [3.05, 3.63) is 59.2 Å². The number of ether oxygens (including phenoxy) is 1. The van der Waals surface area contributed by atoms with Crippen molar-refractivity contribution in [3.63, 3.8) is 0 Å². The highest BCUT2D eigenvalue weighted by Crippen LogP contribution is 2.19. The summed E-state index contributed by atoms with van der Waals surface area (Å²) >= 11 is 5.39. The van der Waals surface area contributed by atoms with Crippen LogP contribution in [-0.2, 0) is 0 Å². The number of hydrogen-bond acceptors (Lipinski definition) is 2. The smallest absolute Gasteiger partial charge is 0.171 e. The van der Waals surface area contributed by atoms with Crippen LogP contribution in [-0.4, -0.2) is 12.2 Å². The van der Waals surface area contributed by atoms with E-state index in [1.807, 2.05) is 24.3 Å². The summed E-state index contributed by atoms with van der Waals surface area (Å²) in [7, 11) is 1.65. The molecule has 0 aliphatic heterocycles. The molecule has 0 fully saturated rings. The third-order valence-corrected chi connectivity index (χ3v) is 3.93. The van der Waals surface area contributed by atoms with E-state index in [9.17, 15) is 0 Å². The van der Waals surface area contributed by atoms with Crippen molar-refractivity contribution in [3.8, 4) is 5.75 Å². The van der Waals surface area contributed by atoms with E-state index in [1.165, 1.54) is 16.7 Å². The van der Waals surface area contributed by atoms with Crippen LogP contribution in [0.25, 0.3) is 0 Å². The molecule has 0 aromatic heterocycles. The number of benzene rings is 2. The highest BCUT2D eigenvalue weighted by molar-refractivity contribution is 7.80. The second-order valence-corrected chi connectivity index (χ2v) is 5.80. The maximum atomic E-state index is 5.39. The maximum Gasteiger partial charge on any atom is 0.171 e. The van der Waals surface area contributed by atoms with Gasteiger partial charge in [0.25, 0.3) is 0 Å². The van der Waals surface area contributed by atoms with E-state index in [0.717, 1.165) is 11.4 Å². The summed E-state index contributed by atoms with van der Waals surface area (Å²) in [6.07, 6.45) is 0. The van der Waals surface area contributed by atoms with Gasteiger partial charge < -0.3 is 15.4 Å². The van der Waals surface area contributed by atoms with Gasteiger partial charge in [-0.2, -0.15) is 0 Å². The average Bonchev–Trinajstić information content (AvgIpc) is 2.50. The molecule has 0 heterocycles. The molecule has 3 nitrogen and oxygen atoms in total. The van der Waals surface area contributed by atoms with Crippen molar-refractivity contribution >= 4 is 23.0 Å². The first-order chi connectivity index (χ1) is 10.5. The van der Waals surface area contributed by atoms with Gasteiger partial charge in [-0.25, -0.2) is 0 Å². The molecule has 2 rings (SSSR count). The van der Waals surface area contributed by atoms with Crippen LogP contribution in [0.5, 0.6) is 5.75 Å². The quantitative estimate of drug-likeness (QED) is 0.822. The summed E-state index contributed by atoms with van der Waals surface area (Å²) in [5.74, 6) is 0.801. The molecular weight excluding hydrogens is 292 g/mol. The van der Waals surface area contributed by atoms with Crippen molar-refractivity contribution in [1.29, 1.82) is 0 Å². The lowest BCUT2D eigenvalue weighted by molar-refractivity contribution is 0.415. The minimum Gasteiger partial charge on any atom is -0.497 e. The van der Waals surface area contributed by atoms with E-state index in [1.54, 1.807) is 7.11 Å². The Morgan fingerprint density at radius 2 is 1.86 bits per heavy atom. The fourth-order valence-corrected chi connectivity index (χ4v) is 2.48. The number of aryl methyl sites for hydroxylation is 2. The van der Waals surface area contributed by atoms with E-state index in [2.05, 4.69) is 49.6 Å². The first-order valence-electron chi connectivity index (χ1n) is 7.28. The van der Waals surface area contributed by atoms with Crippen LogP contribution in [0.15, 0.2) is 42.5 Å². The lowest BCUT2D eigenvalue weighted by atomic mass is 10.0. The van der Waals surface area contributed by atoms with E-state index in [-0.39, 0.29) is 6.04 Å². The molecule has 4 heteroatoms. The molecule has 0 saturated heterocycles. The number of thiocarbonyl (C=S) groups is 1. The van der Waals surface area contributed by atoms with Crippen LogP contribution in [0.4, 0.5) is 5.69 Å². The molecule has 2 aromatic rings. The van der Waals surface area contributed by atoms with Crippen molar-refractivity contribution in [2.24, 2.45) is 0 Å². The third kappa shape index (κ3) is 4.21. The van der Waals surface area contributed by atoms with E-state index in [4.69, 9.17) is 17.0 Å². The Hall–Kier alpha value is -2.07. The van der Waals surface area contributed by atoms with Gasteiger partial charge in [0.2, 0.25) is 0 Å². The van der Waals surface area contributed by atoms with Crippen molar-refractivity contribution in [2.75, 3.05) is 12.4 Å². The SMILES string of the molecule is COc1cccc(NC(=S)N[C@@H](C)c2ccc(C)c(C)c2)c1. The fraction of sp³-hybridized carbons (Fsp3) is 0.278. The molecule has 1 atom stereocenters. The summed E-state index contributed by atoms with van der Waals surface area (Å²) in [6, 6.07) is 14.3. The Labute approximate surface area is 137 Å². The topological polar surface area (TPSA) is 33.3 Å². The van der Waals surface area contributed by atoms with Gasteiger partial charge >= 0.3 is 0 Å². The maximum absolute atomic E-state index is 5.39. The van der Waals surface area contributed by atoms with Gasteiger partial charge in [0.1, 0.15) is 5.75 Å². The van der Waals surface area contributed by atoms with E-state index in [0.29, 0.717) is 5.11 Å². The number of methoxy groups -OCH3 is 1. The summed E-state index contributed by atoms with van der Waals surface area (Å²) in [4.78, 5) is 0. The molecule has 0 unspecified atom stereocenters. The van der Waals surface area contributed by atoms with Gasteiger partial charge in [-0.15, -0.1) is 0 Å². The monoisotopic (exact) mass is 314 g/mol. The van der Waals surface area contributed by atoms with Gasteiger partial charge in [0.15, 0.2) is 5.11 Å². The van der Waals surface area contributed by atoms with Crippen LogP contribution < -0.4 is 15.4 Å². The Kier molecular flexibility index (Phi) is 5.39. The van der Waals surface area contributed by atoms with Gasteiger partial charge in [-0.1, -0.05) is 24.3 Å². The summed E-state index contributed by atoms with van der Waals surface area (Å²) in [5.41, 5.74) is 4.72. The molecule has 2 N–H and O–H groups in total. The molecule has 0 saturated carbocycles. The largest absolute Gasteiger partial charge is 0.497 e. The average molecular weight is 314 g/mol. The van der Waals surface area contributed by atoms with Crippen molar-refractivity contribution in [2.45, 2.75) is 26.8 Å². The fourth-order valence-electron chi connectivity index (χ4n) is 2.18. The third-order valence-electron chi connectivity index (χ3n) is 3.71. The molecule has 2 aromatic carbocycles. The zero-order valence-corrected chi connectivity index (χ0v) is 14.3. The second kappa shape index (κ2) is 7.27. The van der Waals surface area contributed by atoms with E-state index < -0.39 is 0 Å². The number of rotatable bonds is 4. The van der Waals surface area contributed by atoms with Crippen LogP contribution in [0, 0.1) is 13.8 Å². The second-order valence-electron chi connectivity index (χ2n) is 5.40. The molecule has 0 amide bonds. The Morgan fingerprint density at radius 3 is 2.55 bits per heavy atom. The number of nitrogens with one attached hydrogen (secondary N) is 2. The van der Waals surface area contributed by atoms with Crippen molar-refractivity contribution < 1.29 is 4.74 Å². The lowest BCUT2D eigenvalue weighted by Crippen LogP contribution is -2.30. The van der Waals surface area contributed by atoms with Gasteiger partial charge in [0, 0.05) is 11.8 Å². The summed E-state index contributed by atoms with van der Waals surface area (Å²) in [5, 5.41) is 7.09. The molecular formula is C18H22N2OS. The van der Waals surface area contributed by atoms with Crippen LogP contribution >= 0.6 is 12.2 Å². The van der Waals surface area contributed by atoms with Crippen LogP contribution in [0.1, 0.15) is 29.7 Å². The Morgan fingerprint density at radius 1 is 1.09 bits per heavy atom. The zero-order valence-electron chi connectivity index (χ0n) is 13.4. The first-order valence-corrected chi connectivity index (χ1v) is 7.69. The standard InChI is InChI=1S/C18H22N2OS/c1-12-8-9-15(10-13(12)2)14(3)19-18(22)20-16-6-5-7-17(11-16)21-4/h5-11,14H,1-4H3,(H2,19,20,22)/t14-/m0/s1. The minimum absolute atomic E-state index is 0.143. The Bertz CT molecular complexity index is 670. The number of hydrogen-bond donors (Lipinski definition) is 2. The molecule has 0 aliphatic rings. The normalized spacial score (nSPS) is 11.6. The Balaban J connectivity index is 2.00. The van der Waals surface area contributed by atoms with Crippen LogP contribution in [0.3, 0.4) is 0 Å². The molecule has 22 heavy (non-hydrogen) atoms.